The fraction of sp³-hybridized carbons (Fsp3) is 0.389. The van der Waals surface area contributed by atoms with Crippen LogP contribution in [-0.4, -0.2) is 43.2 Å². The number of aliphatic imine (C=N–C) groups is 1. The average molecular weight is 358 g/mol. The lowest BCUT2D eigenvalue weighted by Crippen LogP contribution is -2.24. The molecule has 0 aliphatic heterocycles. The van der Waals surface area contributed by atoms with Crippen LogP contribution in [0.1, 0.15) is 17.7 Å². The van der Waals surface area contributed by atoms with Gasteiger partial charge in [0, 0.05) is 11.8 Å². The Hall–Kier alpha value is -2.87. The third kappa shape index (κ3) is 6.56. The summed E-state index contributed by atoms with van der Waals surface area (Å²) in [5.41, 5.74) is 7.70. The summed E-state index contributed by atoms with van der Waals surface area (Å²) >= 11 is 0. The van der Waals surface area contributed by atoms with Gasteiger partial charge < -0.3 is 20.5 Å². The zero-order valence-electron chi connectivity index (χ0n) is 15.5. The van der Waals surface area contributed by atoms with Gasteiger partial charge in [-0.1, -0.05) is 12.1 Å². The van der Waals surface area contributed by atoms with Crippen molar-refractivity contribution in [3.05, 3.63) is 41.6 Å². The number of methoxy groups -OCH3 is 1. The van der Waals surface area contributed by atoms with E-state index in [1.54, 1.807) is 13.2 Å². The van der Waals surface area contributed by atoms with E-state index in [-0.39, 0.29) is 5.96 Å². The van der Waals surface area contributed by atoms with Gasteiger partial charge in [0.2, 0.25) is 11.8 Å². The van der Waals surface area contributed by atoms with Crippen molar-refractivity contribution in [3.63, 3.8) is 0 Å². The molecule has 0 atom stereocenters. The number of hydrogen-bond acceptors (Lipinski definition) is 6. The highest BCUT2D eigenvalue weighted by Crippen LogP contribution is 2.15. The summed E-state index contributed by atoms with van der Waals surface area (Å²) in [5.74, 6) is 1.88. The van der Waals surface area contributed by atoms with E-state index in [9.17, 15) is 0 Å². The molecule has 1 aromatic heterocycles. The van der Waals surface area contributed by atoms with E-state index in [1.165, 1.54) is 0 Å². The Morgan fingerprint density at radius 3 is 2.88 bits per heavy atom. The highest BCUT2D eigenvalue weighted by molar-refractivity contribution is 5.90. The van der Waals surface area contributed by atoms with Gasteiger partial charge >= 0.3 is 0 Å². The summed E-state index contributed by atoms with van der Waals surface area (Å²) in [6, 6.07) is 9.55. The number of aryl methyl sites for hydroxylation is 1. The van der Waals surface area contributed by atoms with E-state index in [2.05, 4.69) is 25.6 Å². The lowest BCUT2D eigenvalue weighted by atomic mass is 10.2. The quantitative estimate of drug-likeness (QED) is 0.356. The molecule has 2 rings (SSSR count). The van der Waals surface area contributed by atoms with Crippen LogP contribution in [0, 0.1) is 6.92 Å². The Balaban J connectivity index is 1.93. The van der Waals surface area contributed by atoms with Gasteiger partial charge in [0.25, 0.3) is 0 Å². The van der Waals surface area contributed by atoms with E-state index in [1.807, 2.05) is 38.2 Å². The number of benzene rings is 1. The molecule has 0 aliphatic carbocycles. The SMILES string of the molecule is CNCCCOc1cccc(CN=C(N)Nc2nc(C)cc(OC)n2)c1. The Kier molecular flexibility index (Phi) is 7.63. The Labute approximate surface area is 153 Å². The molecule has 26 heavy (non-hydrogen) atoms. The minimum absolute atomic E-state index is 0.234. The first-order chi connectivity index (χ1) is 12.6. The van der Waals surface area contributed by atoms with Crippen molar-refractivity contribution in [2.45, 2.75) is 19.9 Å². The molecule has 2 aromatic rings. The molecule has 0 saturated carbocycles. The summed E-state index contributed by atoms with van der Waals surface area (Å²) in [6.07, 6.45) is 0.954. The number of nitrogens with two attached hydrogens (primary N) is 1. The molecule has 8 heteroatoms. The normalized spacial score (nSPS) is 11.3. The second kappa shape index (κ2) is 10.2. The Bertz CT molecular complexity index is 735. The monoisotopic (exact) mass is 358 g/mol. The van der Waals surface area contributed by atoms with E-state index in [0.717, 1.165) is 30.0 Å². The number of nitrogens with zero attached hydrogens (tertiary/aromatic N) is 3. The molecule has 0 unspecified atom stereocenters. The van der Waals surface area contributed by atoms with Crippen molar-refractivity contribution in [3.8, 4) is 11.6 Å². The second-order valence-electron chi connectivity index (χ2n) is 5.65. The van der Waals surface area contributed by atoms with Crippen molar-refractivity contribution in [2.75, 3.05) is 32.6 Å². The molecule has 0 radical (unpaired) electrons. The summed E-state index contributed by atoms with van der Waals surface area (Å²) in [5, 5.41) is 5.97. The number of anilines is 1. The Morgan fingerprint density at radius 1 is 1.27 bits per heavy atom. The number of ether oxygens (including phenoxy) is 2. The molecule has 0 amide bonds. The van der Waals surface area contributed by atoms with Crippen molar-refractivity contribution in [2.24, 2.45) is 10.7 Å². The maximum atomic E-state index is 5.93. The summed E-state index contributed by atoms with van der Waals surface area (Å²) in [7, 11) is 3.48. The number of guanidine groups is 1. The van der Waals surface area contributed by atoms with Gasteiger partial charge in [-0.15, -0.1) is 0 Å². The molecule has 4 N–H and O–H groups in total. The predicted molar refractivity (Wildman–Crippen MR) is 103 cm³/mol. The van der Waals surface area contributed by atoms with Crippen LogP contribution in [0.3, 0.4) is 0 Å². The predicted octanol–water partition coefficient (Wildman–Crippen LogP) is 1.71. The maximum absolute atomic E-state index is 5.93. The van der Waals surface area contributed by atoms with Gasteiger partial charge in [0.15, 0.2) is 5.96 Å². The van der Waals surface area contributed by atoms with Crippen LogP contribution < -0.4 is 25.8 Å². The first kappa shape index (κ1) is 19.5. The van der Waals surface area contributed by atoms with Crippen molar-refractivity contribution in [1.82, 2.24) is 15.3 Å². The first-order valence-electron chi connectivity index (χ1n) is 8.43. The van der Waals surface area contributed by atoms with Crippen LogP contribution in [0.5, 0.6) is 11.6 Å². The van der Waals surface area contributed by atoms with Crippen LogP contribution in [0.15, 0.2) is 35.3 Å². The fourth-order valence-electron chi connectivity index (χ4n) is 2.20. The highest BCUT2D eigenvalue weighted by Gasteiger charge is 2.04. The first-order valence-corrected chi connectivity index (χ1v) is 8.43. The van der Waals surface area contributed by atoms with Gasteiger partial charge in [0.05, 0.1) is 20.3 Å². The number of rotatable bonds is 9. The molecule has 8 nitrogen and oxygen atoms in total. The van der Waals surface area contributed by atoms with E-state index < -0.39 is 0 Å². The van der Waals surface area contributed by atoms with Crippen LogP contribution in [0.25, 0.3) is 0 Å². The van der Waals surface area contributed by atoms with Gasteiger partial charge in [0.1, 0.15) is 5.75 Å². The van der Waals surface area contributed by atoms with E-state index in [4.69, 9.17) is 15.2 Å². The Morgan fingerprint density at radius 2 is 2.12 bits per heavy atom. The zero-order chi connectivity index (χ0) is 18.8. The van der Waals surface area contributed by atoms with Gasteiger partial charge in [-0.25, -0.2) is 9.98 Å². The van der Waals surface area contributed by atoms with Crippen molar-refractivity contribution >= 4 is 11.9 Å². The minimum Gasteiger partial charge on any atom is -0.494 e. The number of hydrogen-bond donors (Lipinski definition) is 3. The zero-order valence-corrected chi connectivity index (χ0v) is 15.5. The topological polar surface area (TPSA) is 107 Å². The molecule has 0 aliphatic rings. The molecule has 1 heterocycles. The molecule has 0 bridgehead atoms. The van der Waals surface area contributed by atoms with Crippen LogP contribution in [-0.2, 0) is 6.54 Å². The molecule has 0 fully saturated rings. The molecule has 140 valence electrons. The third-order valence-electron chi connectivity index (χ3n) is 3.45. The smallest absolute Gasteiger partial charge is 0.233 e. The van der Waals surface area contributed by atoms with Crippen molar-refractivity contribution in [1.29, 1.82) is 0 Å². The van der Waals surface area contributed by atoms with Crippen LogP contribution in [0.4, 0.5) is 5.95 Å². The summed E-state index contributed by atoms with van der Waals surface area (Å²) in [4.78, 5) is 12.8. The lowest BCUT2D eigenvalue weighted by Gasteiger charge is -2.08. The molecule has 0 saturated heterocycles. The van der Waals surface area contributed by atoms with Crippen LogP contribution in [0.2, 0.25) is 0 Å². The maximum Gasteiger partial charge on any atom is 0.233 e. The van der Waals surface area contributed by atoms with E-state index >= 15 is 0 Å². The minimum atomic E-state index is 0.234. The number of nitrogens with one attached hydrogen (secondary N) is 2. The lowest BCUT2D eigenvalue weighted by molar-refractivity contribution is 0.309. The molecular weight excluding hydrogens is 332 g/mol. The fourth-order valence-corrected chi connectivity index (χ4v) is 2.20. The van der Waals surface area contributed by atoms with Gasteiger partial charge in [-0.3, -0.25) is 5.32 Å². The third-order valence-corrected chi connectivity index (χ3v) is 3.45. The molecule has 0 spiro atoms. The number of aromatic nitrogens is 2. The molecule has 1 aromatic carbocycles. The standard InChI is InChI=1S/C18H26N6O2/c1-13-10-16(25-3)23-18(22-13)24-17(19)21-12-14-6-4-7-15(11-14)26-9-5-8-20-2/h4,6-7,10-11,20H,5,8-9,12H2,1-3H3,(H3,19,21,22,23,24). The second-order valence-corrected chi connectivity index (χ2v) is 5.65. The summed E-state index contributed by atoms with van der Waals surface area (Å²) in [6.45, 7) is 3.88. The summed E-state index contributed by atoms with van der Waals surface area (Å²) < 4.78 is 10.8. The molecular formula is C18H26N6O2. The van der Waals surface area contributed by atoms with Crippen molar-refractivity contribution < 1.29 is 9.47 Å². The average Bonchev–Trinajstić information content (AvgIpc) is 2.63. The largest absolute Gasteiger partial charge is 0.494 e. The van der Waals surface area contributed by atoms with E-state index in [0.29, 0.717) is 25.0 Å². The van der Waals surface area contributed by atoms with Crippen LogP contribution >= 0.6 is 0 Å². The van der Waals surface area contributed by atoms with Gasteiger partial charge in [-0.05, 0) is 44.6 Å². The highest BCUT2D eigenvalue weighted by atomic mass is 16.5. The van der Waals surface area contributed by atoms with Gasteiger partial charge in [-0.2, -0.15) is 4.98 Å².